The highest BCUT2D eigenvalue weighted by Gasteiger charge is 2.32. The number of hydrogen-bond acceptors (Lipinski definition) is 4. The lowest BCUT2D eigenvalue weighted by Crippen LogP contribution is -2.25. The molecule has 6 nitrogen and oxygen atoms in total. The Bertz CT molecular complexity index is 590. The van der Waals surface area contributed by atoms with Crippen LogP contribution in [-0.4, -0.2) is 19.8 Å². The van der Waals surface area contributed by atoms with Crippen molar-refractivity contribution in [1.82, 2.24) is 4.98 Å². The number of primary sulfonamides is 1. The summed E-state index contributed by atoms with van der Waals surface area (Å²) >= 11 is 0. The van der Waals surface area contributed by atoms with Crippen LogP contribution in [0, 0.1) is 6.92 Å². The fourth-order valence-corrected chi connectivity index (χ4v) is 2.00. The van der Waals surface area contributed by atoms with Gasteiger partial charge in [0.1, 0.15) is 4.90 Å². The lowest BCUT2D eigenvalue weighted by atomic mass is 10.3. The molecule has 0 radical (unpaired) electrons. The molecule has 0 unspecified atom stereocenters. The number of pyridine rings is 1. The first-order chi connectivity index (χ1) is 7.50. The first-order valence-electron chi connectivity index (χ1n) is 4.03. The van der Waals surface area contributed by atoms with Gasteiger partial charge in [0.15, 0.2) is 0 Å². The summed E-state index contributed by atoms with van der Waals surface area (Å²) in [5.41, 5.74) is -1.51. The van der Waals surface area contributed by atoms with E-state index in [9.17, 15) is 26.4 Å². The molecular formula is C7H7F3N2O4S. The van der Waals surface area contributed by atoms with Crippen LogP contribution >= 0.6 is 0 Å². The number of aryl methyl sites for hydroxylation is 1. The van der Waals surface area contributed by atoms with Gasteiger partial charge in [-0.1, -0.05) is 0 Å². The van der Waals surface area contributed by atoms with Crippen molar-refractivity contribution in [3.63, 3.8) is 0 Å². The van der Waals surface area contributed by atoms with Gasteiger partial charge in [0.05, 0.1) is 0 Å². The van der Waals surface area contributed by atoms with Gasteiger partial charge >= 0.3 is 6.36 Å². The summed E-state index contributed by atoms with van der Waals surface area (Å²) < 4.78 is 60.9. The van der Waals surface area contributed by atoms with Gasteiger partial charge in [0.25, 0.3) is 0 Å². The van der Waals surface area contributed by atoms with Gasteiger partial charge < -0.3 is 9.72 Å². The van der Waals surface area contributed by atoms with Gasteiger partial charge in [-0.05, 0) is 6.92 Å². The number of sulfonamides is 1. The van der Waals surface area contributed by atoms with E-state index in [2.05, 4.69) is 4.74 Å². The van der Waals surface area contributed by atoms with E-state index in [0.717, 1.165) is 6.92 Å². The molecule has 0 saturated carbocycles. The molecule has 0 amide bonds. The maximum absolute atomic E-state index is 11.9. The number of aromatic amines is 1. The largest absolute Gasteiger partial charge is 0.574 e. The van der Waals surface area contributed by atoms with Crippen molar-refractivity contribution in [1.29, 1.82) is 0 Å². The molecule has 0 atom stereocenters. The summed E-state index contributed by atoms with van der Waals surface area (Å²) in [6.07, 6.45) is -4.99. The summed E-state index contributed by atoms with van der Waals surface area (Å²) in [5, 5.41) is 4.72. The zero-order chi connectivity index (χ0) is 13.4. The fourth-order valence-electron chi connectivity index (χ4n) is 1.18. The molecule has 0 saturated heterocycles. The normalized spacial score (nSPS) is 12.5. The van der Waals surface area contributed by atoms with Gasteiger partial charge in [-0.25, -0.2) is 13.6 Å². The molecule has 96 valence electrons. The standard InChI is InChI=1S/C7H7F3N2O4S/c1-3-6(17(11,14)15)4(13)2-5(12-3)16-7(8,9)10/h2H,1H3,(H,12,13)(H2,11,14,15). The van der Waals surface area contributed by atoms with Crippen molar-refractivity contribution in [2.75, 3.05) is 0 Å². The lowest BCUT2D eigenvalue weighted by molar-refractivity contribution is -0.276. The molecule has 1 aromatic heterocycles. The van der Waals surface area contributed by atoms with E-state index in [1.807, 2.05) is 4.98 Å². The van der Waals surface area contributed by atoms with Crippen LogP contribution in [0.15, 0.2) is 15.8 Å². The Morgan fingerprint density at radius 1 is 1.41 bits per heavy atom. The van der Waals surface area contributed by atoms with E-state index < -0.39 is 32.6 Å². The summed E-state index contributed by atoms with van der Waals surface area (Å²) in [6, 6.07) is 0.361. The summed E-state index contributed by atoms with van der Waals surface area (Å²) in [6.45, 7) is 1.09. The number of hydrogen-bond donors (Lipinski definition) is 2. The summed E-state index contributed by atoms with van der Waals surface area (Å²) in [5.74, 6) is -0.910. The molecule has 0 spiro atoms. The minimum atomic E-state index is -4.99. The number of nitrogens with two attached hydrogens (primary N) is 1. The molecule has 1 rings (SSSR count). The summed E-state index contributed by atoms with van der Waals surface area (Å²) in [4.78, 5) is 12.4. The van der Waals surface area contributed by atoms with Crippen molar-refractivity contribution in [2.24, 2.45) is 5.14 Å². The number of rotatable bonds is 2. The molecular weight excluding hydrogens is 265 g/mol. The molecule has 0 aromatic carbocycles. The first kappa shape index (κ1) is 13.5. The van der Waals surface area contributed by atoms with E-state index in [4.69, 9.17) is 5.14 Å². The Morgan fingerprint density at radius 3 is 2.29 bits per heavy atom. The number of H-pyrrole nitrogens is 1. The fraction of sp³-hybridized carbons (Fsp3) is 0.286. The number of halogens is 3. The van der Waals surface area contributed by atoms with Crippen LogP contribution in [0.1, 0.15) is 5.69 Å². The van der Waals surface area contributed by atoms with Gasteiger partial charge in [0.2, 0.25) is 21.3 Å². The van der Waals surface area contributed by atoms with Gasteiger partial charge in [0, 0.05) is 11.8 Å². The van der Waals surface area contributed by atoms with Crippen LogP contribution in [0.5, 0.6) is 5.88 Å². The van der Waals surface area contributed by atoms with E-state index in [-0.39, 0.29) is 5.69 Å². The number of alkyl halides is 3. The molecule has 1 heterocycles. The highest BCUT2D eigenvalue weighted by atomic mass is 32.2. The van der Waals surface area contributed by atoms with Crippen LogP contribution in [0.2, 0.25) is 0 Å². The van der Waals surface area contributed by atoms with Crippen molar-refractivity contribution in [3.05, 3.63) is 22.0 Å². The van der Waals surface area contributed by atoms with Crippen molar-refractivity contribution >= 4 is 10.0 Å². The molecule has 10 heteroatoms. The zero-order valence-electron chi connectivity index (χ0n) is 8.33. The second-order valence-corrected chi connectivity index (χ2v) is 4.54. The maximum atomic E-state index is 11.9. The second kappa shape index (κ2) is 4.04. The average molecular weight is 272 g/mol. The van der Waals surface area contributed by atoms with Crippen LogP contribution < -0.4 is 15.3 Å². The minimum Gasteiger partial charge on any atom is -0.390 e. The number of ether oxygens (including phenoxy) is 1. The third-order valence-electron chi connectivity index (χ3n) is 1.65. The SMILES string of the molecule is Cc1[nH]c(OC(F)(F)F)cc(=O)c1S(N)(=O)=O. The molecule has 0 aliphatic rings. The van der Waals surface area contributed by atoms with E-state index >= 15 is 0 Å². The molecule has 3 N–H and O–H groups in total. The van der Waals surface area contributed by atoms with E-state index in [1.165, 1.54) is 0 Å². The number of nitrogens with one attached hydrogen (secondary N) is 1. The van der Waals surface area contributed by atoms with Gasteiger partial charge in [-0.3, -0.25) is 4.79 Å². The zero-order valence-corrected chi connectivity index (χ0v) is 9.15. The Balaban J connectivity index is 3.35. The first-order valence-corrected chi connectivity index (χ1v) is 5.58. The third kappa shape index (κ3) is 3.46. The van der Waals surface area contributed by atoms with Crippen molar-refractivity contribution in [2.45, 2.75) is 18.2 Å². The van der Waals surface area contributed by atoms with E-state index in [0.29, 0.717) is 6.07 Å². The Morgan fingerprint density at radius 2 is 1.94 bits per heavy atom. The van der Waals surface area contributed by atoms with E-state index in [1.54, 1.807) is 0 Å². The minimum absolute atomic E-state index is 0.334. The second-order valence-electron chi connectivity index (χ2n) is 3.04. The quantitative estimate of drug-likeness (QED) is 0.804. The Labute approximate surface area is 93.3 Å². The Kier molecular flexibility index (Phi) is 3.21. The topological polar surface area (TPSA) is 102 Å². The van der Waals surface area contributed by atoms with Gasteiger partial charge in [-0.2, -0.15) is 0 Å². The van der Waals surface area contributed by atoms with Crippen LogP contribution in [0.4, 0.5) is 13.2 Å². The molecule has 0 aliphatic heterocycles. The van der Waals surface area contributed by atoms with Crippen molar-refractivity contribution < 1.29 is 26.3 Å². The highest BCUT2D eigenvalue weighted by molar-refractivity contribution is 7.89. The average Bonchev–Trinajstić information content (AvgIpc) is 1.94. The monoisotopic (exact) mass is 272 g/mol. The van der Waals surface area contributed by atoms with Crippen molar-refractivity contribution in [3.8, 4) is 5.88 Å². The predicted octanol–water partition coefficient (Wildman–Crippen LogP) is 0.229. The lowest BCUT2D eigenvalue weighted by Gasteiger charge is -2.10. The third-order valence-corrected chi connectivity index (χ3v) is 2.72. The molecule has 17 heavy (non-hydrogen) atoms. The van der Waals surface area contributed by atoms with Gasteiger partial charge in [-0.15, -0.1) is 13.2 Å². The summed E-state index contributed by atoms with van der Waals surface area (Å²) in [7, 11) is -4.31. The molecule has 0 fully saturated rings. The Hall–Kier alpha value is -1.55. The van der Waals surface area contributed by atoms with Crippen LogP contribution in [-0.2, 0) is 10.0 Å². The maximum Gasteiger partial charge on any atom is 0.574 e. The molecule has 0 aliphatic carbocycles. The highest BCUT2D eigenvalue weighted by Crippen LogP contribution is 2.20. The predicted molar refractivity (Wildman–Crippen MR) is 49.9 cm³/mol. The van der Waals surface area contributed by atoms with Crippen LogP contribution in [0.3, 0.4) is 0 Å². The molecule has 0 bridgehead atoms. The number of aromatic nitrogens is 1. The smallest absolute Gasteiger partial charge is 0.390 e. The molecule has 1 aromatic rings. The van der Waals surface area contributed by atoms with Crippen LogP contribution in [0.25, 0.3) is 0 Å².